The fraction of sp³-hybridized carbons (Fsp3) is 0.450. The Bertz CT molecular complexity index is 647. The Labute approximate surface area is 142 Å². The van der Waals surface area contributed by atoms with E-state index in [-0.39, 0.29) is 17.9 Å². The van der Waals surface area contributed by atoms with Crippen molar-refractivity contribution < 1.29 is 4.79 Å². The topological polar surface area (TPSA) is 29.1 Å². The molecule has 1 aliphatic carbocycles. The van der Waals surface area contributed by atoms with Crippen molar-refractivity contribution in [3.8, 4) is 0 Å². The molecule has 0 radical (unpaired) electrons. The third kappa shape index (κ3) is 3.66. The molecule has 4 atom stereocenters. The van der Waals surface area contributed by atoms with Gasteiger partial charge in [-0.3, -0.25) is 4.79 Å². The van der Waals surface area contributed by atoms with Crippen LogP contribution in [0.25, 0.3) is 0 Å². The van der Waals surface area contributed by atoms with E-state index in [1.54, 1.807) is 11.3 Å². The minimum absolute atomic E-state index is 0.0266. The second-order valence-electron chi connectivity index (χ2n) is 6.75. The van der Waals surface area contributed by atoms with Gasteiger partial charge in [0.15, 0.2) is 0 Å². The molecule has 3 rings (SSSR count). The van der Waals surface area contributed by atoms with E-state index in [2.05, 4.69) is 61.8 Å². The number of carbonyl (C=O) groups is 1. The number of nitrogens with one attached hydrogen (secondary N) is 1. The summed E-state index contributed by atoms with van der Waals surface area (Å²) in [5.41, 5.74) is 2.53. The van der Waals surface area contributed by atoms with Gasteiger partial charge in [-0.2, -0.15) is 0 Å². The molecule has 0 bridgehead atoms. The van der Waals surface area contributed by atoms with E-state index < -0.39 is 0 Å². The normalized spacial score (nSPS) is 22.4. The first-order valence-electron chi connectivity index (χ1n) is 8.53. The highest BCUT2D eigenvalue weighted by Gasteiger charge is 2.40. The number of thiophene rings is 1. The Balaban J connectivity index is 1.82. The van der Waals surface area contributed by atoms with Crippen molar-refractivity contribution in [2.75, 3.05) is 0 Å². The van der Waals surface area contributed by atoms with E-state index in [0.717, 1.165) is 12.8 Å². The van der Waals surface area contributed by atoms with Gasteiger partial charge in [0, 0.05) is 10.8 Å². The molecular weight excluding hydrogens is 302 g/mol. The maximum absolute atomic E-state index is 12.4. The highest BCUT2D eigenvalue weighted by atomic mass is 32.1. The monoisotopic (exact) mass is 327 g/mol. The first-order valence-corrected chi connectivity index (χ1v) is 9.41. The fourth-order valence-corrected chi connectivity index (χ4v) is 3.77. The van der Waals surface area contributed by atoms with Crippen LogP contribution in [0.4, 0.5) is 0 Å². The van der Waals surface area contributed by atoms with Crippen molar-refractivity contribution in [3.05, 3.63) is 57.8 Å². The predicted molar refractivity (Wildman–Crippen MR) is 96.7 cm³/mol. The maximum atomic E-state index is 12.4. The summed E-state index contributed by atoms with van der Waals surface area (Å²) in [4.78, 5) is 13.6. The van der Waals surface area contributed by atoms with Crippen LogP contribution >= 0.6 is 11.3 Å². The zero-order valence-electron chi connectivity index (χ0n) is 14.1. The van der Waals surface area contributed by atoms with Gasteiger partial charge in [-0.05, 0) is 47.3 Å². The third-order valence-electron chi connectivity index (χ3n) is 5.01. The van der Waals surface area contributed by atoms with Crippen LogP contribution in [0.5, 0.6) is 0 Å². The van der Waals surface area contributed by atoms with Gasteiger partial charge < -0.3 is 5.32 Å². The van der Waals surface area contributed by atoms with Crippen LogP contribution in [0, 0.1) is 11.8 Å². The van der Waals surface area contributed by atoms with Crippen LogP contribution in [0.1, 0.15) is 61.6 Å². The molecule has 1 fully saturated rings. The maximum Gasteiger partial charge on any atom is 0.224 e. The minimum Gasteiger partial charge on any atom is -0.344 e. The second-order valence-corrected chi connectivity index (χ2v) is 7.73. The summed E-state index contributed by atoms with van der Waals surface area (Å²) < 4.78 is 0. The summed E-state index contributed by atoms with van der Waals surface area (Å²) >= 11 is 1.70. The zero-order valence-corrected chi connectivity index (χ0v) is 14.9. The molecule has 1 aromatic heterocycles. The molecule has 4 unspecified atom stereocenters. The highest BCUT2D eigenvalue weighted by molar-refractivity contribution is 7.10. The molecule has 1 heterocycles. The quantitative estimate of drug-likeness (QED) is 0.783. The molecular formula is C20H25NOS. The third-order valence-corrected chi connectivity index (χ3v) is 5.95. The van der Waals surface area contributed by atoms with Crippen molar-refractivity contribution in [2.24, 2.45) is 11.8 Å². The van der Waals surface area contributed by atoms with E-state index in [9.17, 15) is 4.79 Å². The van der Waals surface area contributed by atoms with E-state index in [4.69, 9.17) is 0 Å². The summed E-state index contributed by atoms with van der Waals surface area (Å²) in [6.45, 7) is 6.61. The lowest BCUT2D eigenvalue weighted by Gasteiger charge is -2.19. The van der Waals surface area contributed by atoms with Crippen LogP contribution in [-0.4, -0.2) is 5.91 Å². The first-order chi connectivity index (χ1) is 11.1. The lowest BCUT2D eigenvalue weighted by Crippen LogP contribution is -2.30. The van der Waals surface area contributed by atoms with E-state index in [1.165, 1.54) is 16.0 Å². The van der Waals surface area contributed by atoms with Crippen molar-refractivity contribution in [2.45, 2.75) is 45.6 Å². The molecule has 0 aliphatic heterocycles. The molecule has 1 saturated carbocycles. The Morgan fingerprint density at radius 2 is 1.91 bits per heavy atom. The molecule has 1 aliphatic rings. The van der Waals surface area contributed by atoms with Crippen LogP contribution in [-0.2, 0) is 4.79 Å². The first kappa shape index (κ1) is 16.3. The number of benzene rings is 1. The van der Waals surface area contributed by atoms with E-state index in [0.29, 0.717) is 11.8 Å². The SMILES string of the molecule is CCC(C)c1ccc(C(NC(=O)C2CC2C)c2cccs2)cc1. The summed E-state index contributed by atoms with van der Waals surface area (Å²) in [5.74, 6) is 1.51. The van der Waals surface area contributed by atoms with Gasteiger partial charge in [0.2, 0.25) is 5.91 Å². The summed E-state index contributed by atoms with van der Waals surface area (Å²) in [7, 11) is 0. The van der Waals surface area contributed by atoms with Crippen LogP contribution in [0.15, 0.2) is 41.8 Å². The molecule has 122 valence electrons. The predicted octanol–water partition coefficient (Wildman–Crippen LogP) is 5.12. The number of carbonyl (C=O) groups excluding carboxylic acids is 1. The molecule has 1 amide bonds. The van der Waals surface area contributed by atoms with E-state index >= 15 is 0 Å². The average molecular weight is 327 g/mol. The zero-order chi connectivity index (χ0) is 16.4. The molecule has 3 heteroatoms. The molecule has 2 nitrogen and oxygen atoms in total. The molecule has 0 saturated heterocycles. The highest BCUT2D eigenvalue weighted by Crippen LogP contribution is 2.39. The lowest BCUT2D eigenvalue weighted by molar-refractivity contribution is -0.123. The molecule has 1 N–H and O–H groups in total. The van der Waals surface area contributed by atoms with E-state index in [1.807, 2.05) is 6.07 Å². The Morgan fingerprint density at radius 1 is 1.26 bits per heavy atom. The van der Waals surface area contributed by atoms with Gasteiger partial charge in [-0.25, -0.2) is 0 Å². The summed E-state index contributed by atoms with van der Waals surface area (Å²) in [5, 5.41) is 5.33. The summed E-state index contributed by atoms with van der Waals surface area (Å²) in [6.07, 6.45) is 2.17. The molecule has 0 spiro atoms. The molecule has 1 aromatic carbocycles. The largest absolute Gasteiger partial charge is 0.344 e. The lowest BCUT2D eigenvalue weighted by atomic mass is 9.95. The van der Waals surface area contributed by atoms with Crippen molar-refractivity contribution >= 4 is 17.2 Å². The average Bonchev–Trinajstić information content (AvgIpc) is 3.08. The number of amides is 1. The Morgan fingerprint density at radius 3 is 2.43 bits per heavy atom. The van der Waals surface area contributed by atoms with Crippen LogP contribution < -0.4 is 5.32 Å². The van der Waals surface area contributed by atoms with Gasteiger partial charge in [-0.1, -0.05) is 51.1 Å². The number of hydrogen-bond donors (Lipinski definition) is 1. The summed E-state index contributed by atoms with van der Waals surface area (Å²) in [6, 6.07) is 12.9. The van der Waals surface area contributed by atoms with Crippen LogP contribution in [0.3, 0.4) is 0 Å². The molecule has 2 aromatic rings. The van der Waals surface area contributed by atoms with Crippen LogP contribution in [0.2, 0.25) is 0 Å². The minimum atomic E-state index is -0.0266. The number of hydrogen-bond acceptors (Lipinski definition) is 2. The Hall–Kier alpha value is -1.61. The smallest absolute Gasteiger partial charge is 0.224 e. The standard InChI is InChI=1S/C20H25NOS/c1-4-13(2)15-7-9-16(10-8-15)19(18-6-5-11-23-18)21-20(22)17-12-14(17)3/h5-11,13-14,17,19H,4,12H2,1-3H3,(H,21,22). The fourth-order valence-electron chi connectivity index (χ4n) is 2.96. The van der Waals surface area contributed by atoms with Gasteiger partial charge in [0.1, 0.15) is 0 Å². The van der Waals surface area contributed by atoms with Gasteiger partial charge >= 0.3 is 0 Å². The van der Waals surface area contributed by atoms with Crippen molar-refractivity contribution in [3.63, 3.8) is 0 Å². The van der Waals surface area contributed by atoms with Crippen molar-refractivity contribution in [1.82, 2.24) is 5.32 Å². The molecule has 23 heavy (non-hydrogen) atoms. The van der Waals surface area contributed by atoms with Gasteiger partial charge in [-0.15, -0.1) is 11.3 Å². The Kier molecular flexibility index (Phi) is 4.86. The van der Waals surface area contributed by atoms with Gasteiger partial charge in [0.05, 0.1) is 6.04 Å². The number of rotatable bonds is 6. The second kappa shape index (κ2) is 6.88. The van der Waals surface area contributed by atoms with Gasteiger partial charge in [0.25, 0.3) is 0 Å². The van der Waals surface area contributed by atoms with Crippen molar-refractivity contribution in [1.29, 1.82) is 0 Å².